The van der Waals surface area contributed by atoms with E-state index in [1.54, 1.807) is 6.08 Å². The molecule has 5 fully saturated rings. The fraction of sp³-hybridized carbons (Fsp3) is 0.364. The monoisotopic (exact) mass is 587 g/mol. The van der Waals surface area contributed by atoms with Crippen molar-refractivity contribution >= 4 is 52.8 Å². The van der Waals surface area contributed by atoms with E-state index in [1.165, 1.54) is 62.3 Å². The number of nitrogens with zero attached hydrogens (tertiary/aromatic N) is 2. The Hall–Kier alpha value is -3.35. The average Bonchev–Trinajstić information content (AvgIpc) is 3.19. The van der Waals surface area contributed by atoms with Crippen molar-refractivity contribution in [3.05, 3.63) is 86.7 Å². The van der Waals surface area contributed by atoms with E-state index in [0.29, 0.717) is 10.4 Å². The molecule has 6 nitrogen and oxygen atoms in total. The maximum atomic E-state index is 13.4. The second kappa shape index (κ2) is 9.60. The van der Waals surface area contributed by atoms with Gasteiger partial charge in [0.15, 0.2) is 0 Å². The maximum Gasteiger partial charge on any atom is 0.335 e. The summed E-state index contributed by atoms with van der Waals surface area (Å²) < 4.78 is 2.14. The van der Waals surface area contributed by atoms with Gasteiger partial charge in [0.1, 0.15) is 5.57 Å². The average molecular weight is 589 g/mol. The van der Waals surface area contributed by atoms with Crippen molar-refractivity contribution < 1.29 is 14.4 Å². The van der Waals surface area contributed by atoms with E-state index >= 15 is 0 Å². The van der Waals surface area contributed by atoms with Crippen molar-refractivity contribution in [1.82, 2.24) is 9.88 Å². The lowest BCUT2D eigenvalue weighted by atomic mass is 9.48. The topological polar surface area (TPSA) is 71.4 Å². The van der Waals surface area contributed by atoms with Gasteiger partial charge < -0.3 is 4.57 Å². The van der Waals surface area contributed by atoms with Gasteiger partial charge in [-0.2, -0.15) is 0 Å². The highest BCUT2D eigenvalue weighted by molar-refractivity contribution is 6.42. The number of rotatable bonds is 4. The zero-order valence-electron chi connectivity index (χ0n) is 23.0. The number of urea groups is 1. The van der Waals surface area contributed by atoms with Crippen LogP contribution in [0, 0.1) is 31.6 Å². The zero-order valence-corrected chi connectivity index (χ0v) is 24.6. The molecule has 210 valence electrons. The number of nitrogens with one attached hydrogen (secondary N) is 1. The highest BCUT2D eigenvalue weighted by Gasteiger charge is 2.51. The Labute approximate surface area is 249 Å². The molecule has 2 aromatic carbocycles. The molecule has 4 bridgehead atoms. The molecule has 1 aromatic heterocycles. The Kier molecular flexibility index (Phi) is 6.22. The smallest absolute Gasteiger partial charge is 0.318 e. The molecule has 4 saturated carbocycles. The molecule has 0 radical (unpaired) electrons. The number of carbonyl (C=O) groups excluding carboxylic acids is 3. The minimum Gasteiger partial charge on any atom is -0.318 e. The fourth-order valence-electron chi connectivity index (χ4n) is 8.45. The van der Waals surface area contributed by atoms with Crippen LogP contribution in [0.4, 0.5) is 10.5 Å². The number of anilines is 1. The predicted molar refractivity (Wildman–Crippen MR) is 161 cm³/mol. The Morgan fingerprint density at radius 2 is 1.51 bits per heavy atom. The minimum atomic E-state index is -0.856. The molecule has 8 heteroatoms. The summed E-state index contributed by atoms with van der Waals surface area (Å²) in [4.78, 5) is 39.7. The molecule has 0 atom stereocenters. The third-order valence-electron chi connectivity index (χ3n) is 9.80. The van der Waals surface area contributed by atoms with Crippen molar-refractivity contribution in [2.75, 3.05) is 4.90 Å². The van der Waals surface area contributed by atoms with Gasteiger partial charge in [0.25, 0.3) is 11.8 Å². The summed E-state index contributed by atoms with van der Waals surface area (Å²) in [5.74, 6) is 1.20. The minimum absolute atomic E-state index is 0.130. The summed E-state index contributed by atoms with van der Waals surface area (Å²) in [7, 11) is 0. The molecule has 8 rings (SSSR count). The van der Waals surface area contributed by atoms with Crippen molar-refractivity contribution in [3.63, 3.8) is 0 Å². The third kappa shape index (κ3) is 4.34. The number of aryl methyl sites for hydroxylation is 1. The Balaban J connectivity index is 1.20. The molecule has 1 saturated heterocycles. The fourth-order valence-corrected chi connectivity index (χ4v) is 8.95. The van der Waals surface area contributed by atoms with Gasteiger partial charge in [0, 0.05) is 22.1 Å². The van der Waals surface area contributed by atoms with Crippen molar-refractivity contribution in [1.29, 1.82) is 0 Å². The molecule has 3 aromatic rings. The third-order valence-corrected chi connectivity index (χ3v) is 10.3. The van der Waals surface area contributed by atoms with Crippen LogP contribution in [-0.4, -0.2) is 22.4 Å². The molecule has 4 amide bonds. The first-order chi connectivity index (χ1) is 19.6. The summed E-state index contributed by atoms with van der Waals surface area (Å²) >= 11 is 12.3. The van der Waals surface area contributed by atoms with Crippen molar-refractivity contribution in [2.24, 2.45) is 17.8 Å². The number of hydrogen-bond acceptors (Lipinski definition) is 3. The highest BCUT2D eigenvalue weighted by atomic mass is 35.5. The van der Waals surface area contributed by atoms with Crippen molar-refractivity contribution in [2.45, 2.75) is 57.8 Å². The molecule has 1 N–H and O–H groups in total. The van der Waals surface area contributed by atoms with E-state index in [2.05, 4.69) is 34.1 Å². The van der Waals surface area contributed by atoms with Gasteiger partial charge in [-0.25, -0.2) is 9.69 Å². The molecule has 0 unspecified atom stereocenters. The van der Waals surface area contributed by atoms with Crippen LogP contribution in [-0.2, 0) is 15.0 Å². The number of benzene rings is 2. The summed E-state index contributed by atoms with van der Waals surface area (Å²) in [6.45, 7) is 3.98. The number of halogens is 2. The van der Waals surface area contributed by atoms with E-state index in [4.69, 9.17) is 23.2 Å². The summed E-state index contributed by atoms with van der Waals surface area (Å²) in [5, 5.41) is 2.76. The molecule has 1 aliphatic heterocycles. The SMILES string of the molecule is Cc1cc(/C=C2\C(=O)NC(=O)N(c3ccc(Cl)cc3Cl)C2=O)c(C)n1-c1ccc(C23CC4CC(CC(C4)C2)C3)cc1. The largest absolute Gasteiger partial charge is 0.335 e. The van der Waals surface area contributed by atoms with Crippen LogP contribution in [0.1, 0.15) is 61.0 Å². The number of aromatic nitrogens is 1. The van der Waals surface area contributed by atoms with Gasteiger partial charge in [-0.3, -0.25) is 14.9 Å². The number of hydrogen-bond donors (Lipinski definition) is 1. The summed E-state index contributed by atoms with van der Waals surface area (Å²) in [6, 6.07) is 14.6. The molecular weight excluding hydrogens is 557 g/mol. The van der Waals surface area contributed by atoms with Gasteiger partial charge >= 0.3 is 6.03 Å². The normalized spacial score (nSPS) is 28.1. The number of amides is 4. The Morgan fingerprint density at radius 1 is 0.878 bits per heavy atom. The van der Waals surface area contributed by atoms with E-state index in [1.807, 2.05) is 19.9 Å². The predicted octanol–water partition coefficient (Wildman–Crippen LogP) is 7.54. The Bertz CT molecular complexity index is 1620. The van der Waals surface area contributed by atoms with Gasteiger partial charge in [-0.15, -0.1) is 0 Å². The lowest BCUT2D eigenvalue weighted by molar-refractivity contribution is -0.122. The number of imide groups is 2. The van der Waals surface area contributed by atoms with Gasteiger partial charge in [-0.05, 0) is 129 Å². The lowest BCUT2D eigenvalue weighted by Gasteiger charge is -2.57. The summed E-state index contributed by atoms with van der Waals surface area (Å²) in [5.41, 5.74) is 5.47. The molecule has 41 heavy (non-hydrogen) atoms. The van der Waals surface area contributed by atoms with Crippen LogP contribution in [0.3, 0.4) is 0 Å². The molecule has 0 spiro atoms. The van der Waals surface area contributed by atoms with E-state index in [-0.39, 0.29) is 16.3 Å². The van der Waals surface area contributed by atoms with E-state index in [0.717, 1.165) is 45.3 Å². The number of carbonyl (C=O) groups is 3. The second-order valence-electron chi connectivity index (χ2n) is 12.5. The number of barbiturate groups is 1. The first kappa shape index (κ1) is 26.5. The molecule has 4 aliphatic carbocycles. The van der Waals surface area contributed by atoms with Gasteiger partial charge in [0.2, 0.25) is 0 Å². The van der Waals surface area contributed by atoms with Crippen LogP contribution in [0.5, 0.6) is 0 Å². The zero-order chi connectivity index (χ0) is 28.6. The van der Waals surface area contributed by atoms with E-state index < -0.39 is 17.8 Å². The van der Waals surface area contributed by atoms with Gasteiger partial charge in [-0.1, -0.05) is 35.3 Å². The van der Waals surface area contributed by atoms with E-state index in [9.17, 15) is 14.4 Å². The van der Waals surface area contributed by atoms with Crippen LogP contribution < -0.4 is 10.2 Å². The van der Waals surface area contributed by atoms with Gasteiger partial charge in [0.05, 0.1) is 10.7 Å². The quantitative estimate of drug-likeness (QED) is 0.253. The van der Waals surface area contributed by atoms with Crippen LogP contribution in [0.2, 0.25) is 10.0 Å². The molecule has 5 aliphatic rings. The highest BCUT2D eigenvalue weighted by Crippen LogP contribution is 2.60. The first-order valence-electron chi connectivity index (χ1n) is 14.3. The maximum absolute atomic E-state index is 13.4. The van der Waals surface area contributed by atoms with Crippen molar-refractivity contribution in [3.8, 4) is 5.69 Å². The summed E-state index contributed by atoms with van der Waals surface area (Å²) in [6.07, 6.45) is 9.81. The second-order valence-corrected chi connectivity index (χ2v) is 13.3. The molecule has 2 heterocycles. The van der Waals surface area contributed by atoms with Crippen LogP contribution >= 0.6 is 23.2 Å². The first-order valence-corrected chi connectivity index (χ1v) is 15.0. The lowest BCUT2D eigenvalue weighted by Crippen LogP contribution is -2.54. The molecular formula is C33H31Cl2N3O3. The van der Waals surface area contributed by atoms with Crippen LogP contribution in [0.15, 0.2) is 54.1 Å². The standard InChI is InChI=1S/C33H31Cl2N3O3/c1-18-9-23(13-27-30(39)36-32(41)38(31(27)40)29-8-5-25(34)14-28(29)35)19(2)37(18)26-6-3-24(4-7-26)33-15-20-10-21(16-33)12-22(11-20)17-33/h3-9,13-14,20-22H,10-12,15-17H2,1-2H3,(H,36,39,41)/b27-13+. The Morgan fingerprint density at radius 3 is 2.12 bits per heavy atom. The van der Waals surface area contributed by atoms with Crippen LogP contribution in [0.25, 0.3) is 11.8 Å².